The Balaban J connectivity index is 2.37. The summed E-state index contributed by atoms with van der Waals surface area (Å²) in [4.78, 5) is 11.7. The minimum atomic E-state index is -2.97. The Morgan fingerprint density at radius 2 is 2.11 bits per heavy atom. The number of thioether (sulfide) groups is 1. The molecule has 0 radical (unpaired) electrons. The highest BCUT2D eigenvalue weighted by molar-refractivity contribution is 7.99. The summed E-state index contributed by atoms with van der Waals surface area (Å²) in [6.07, 6.45) is 3.36. The molecule has 1 saturated heterocycles. The number of carbonyl (C=O) groups is 1. The van der Waals surface area contributed by atoms with Crippen molar-refractivity contribution in [1.29, 1.82) is 0 Å². The molecule has 0 aromatic carbocycles. The number of carbonyl (C=O) groups excluding carboxylic acids is 1. The van der Waals surface area contributed by atoms with Crippen LogP contribution < -0.4 is 10.6 Å². The van der Waals surface area contributed by atoms with Crippen molar-refractivity contribution < 1.29 is 13.2 Å². The van der Waals surface area contributed by atoms with Crippen LogP contribution >= 0.6 is 11.8 Å². The molecule has 0 unspecified atom stereocenters. The first-order valence-electron chi connectivity index (χ1n) is 6.04. The van der Waals surface area contributed by atoms with Gasteiger partial charge in [0.05, 0.1) is 11.5 Å². The molecule has 5 nitrogen and oxygen atoms in total. The van der Waals surface area contributed by atoms with Gasteiger partial charge < -0.3 is 10.6 Å². The van der Waals surface area contributed by atoms with Crippen molar-refractivity contribution in [3.63, 3.8) is 0 Å². The molecule has 1 heterocycles. The summed E-state index contributed by atoms with van der Waals surface area (Å²) in [7, 11) is -2.97. The number of rotatable bonds is 4. The minimum Gasteiger partial charge on any atom is -0.337 e. The van der Waals surface area contributed by atoms with Gasteiger partial charge in [0.15, 0.2) is 9.84 Å². The van der Waals surface area contributed by atoms with Gasteiger partial charge in [-0.3, -0.25) is 0 Å². The molecule has 7 heteroatoms. The van der Waals surface area contributed by atoms with Crippen LogP contribution in [0.5, 0.6) is 0 Å². The smallest absolute Gasteiger partial charge is 0.315 e. The molecule has 0 saturated carbocycles. The first-order valence-corrected chi connectivity index (χ1v) is 9.09. The maximum Gasteiger partial charge on any atom is 0.315 e. The largest absolute Gasteiger partial charge is 0.337 e. The molecule has 1 rings (SSSR count). The van der Waals surface area contributed by atoms with Gasteiger partial charge in [-0.25, -0.2) is 13.2 Å². The summed E-state index contributed by atoms with van der Waals surface area (Å²) in [5, 5.41) is 5.52. The molecule has 0 spiro atoms. The van der Waals surface area contributed by atoms with Crippen LogP contribution in [-0.2, 0) is 9.84 Å². The molecule has 0 aliphatic carbocycles. The Kier molecular flexibility index (Phi) is 5.33. The molecule has 18 heavy (non-hydrogen) atoms. The Hall–Kier alpha value is -0.430. The minimum absolute atomic E-state index is 0.0179. The van der Waals surface area contributed by atoms with E-state index in [4.69, 9.17) is 0 Å². The predicted molar refractivity (Wildman–Crippen MR) is 75.8 cm³/mol. The summed E-state index contributed by atoms with van der Waals surface area (Å²) < 4.78 is 22.8. The van der Waals surface area contributed by atoms with Crippen LogP contribution in [0.4, 0.5) is 4.79 Å². The van der Waals surface area contributed by atoms with Crippen LogP contribution in [0.2, 0.25) is 0 Å². The highest BCUT2D eigenvalue weighted by atomic mass is 32.2. The van der Waals surface area contributed by atoms with Crippen molar-refractivity contribution in [2.24, 2.45) is 0 Å². The average molecular weight is 294 g/mol. The fourth-order valence-electron chi connectivity index (χ4n) is 1.74. The fraction of sp³-hybridized carbons (Fsp3) is 0.909. The van der Waals surface area contributed by atoms with Gasteiger partial charge >= 0.3 is 6.03 Å². The van der Waals surface area contributed by atoms with Crippen LogP contribution in [-0.4, -0.2) is 49.5 Å². The Labute approximate surface area is 113 Å². The molecule has 0 aromatic heterocycles. The third kappa shape index (κ3) is 5.48. The lowest BCUT2D eigenvalue weighted by Gasteiger charge is -2.25. The summed E-state index contributed by atoms with van der Waals surface area (Å²) in [6.45, 7) is 4.64. The third-order valence-electron chi connectivity index (χ3n) is 3.03. The molecule has 0 bridgehead atoms. The number of hydrogen-bond acceptors (Lipinski definition) is 4. The van der Waals surface area contributed by atoms with Crippen molar-refractivity contribution in [2.75, 3.05) is 24.3 Å². The van der Waals surface area contributed by atoms with Gasteiger partial charge in [-0.15, -0.1) is 0 Å². The lowest BCUT2D eigenvalue weighted by Crippen LogP contribution is -2.49. The predicted octanol–water partition coefficient (Wildman–Crippen LogP) is 1.00. The van der Waals surface area contributed by atoms with E-state index in [1.165, 1.54) is 0 Å². The summed E-state index contributed by atoms with van der Waals surface area (Å²) in [5.41, 5.74) is 0. The second-order valence-corrected chi connectivity index (χ2v) is 8.99. The Morgan fingerprint density at radius 1 is 1.44 bits per heavy atom. The number of amides is 2. The van der Waals surface area contributed by atoms with E-state index in [2.05, 4.69) is 10.6 Å². The van der Waals surface area contributed by atoms with Gasteiger partial charge in [-0.2, -0.15) is 11.8 Å². The molecule has 2 amide bonds. The fourth-order valence-corrected chi connectivity index (χ4v) is 3.59. The summed E-state index contributed by atoms with van der Waals surface area (Å²) in [5.74, 6) is 0.304. The first kappa shape index (κ1) is 15.6. The summed E-state index contributed by atoms with van der Waals surface area (Å²) in [6, 6.07) is -0.527. The van der Waals surface area contributed by atoms with E-state index in [0.717, 1.165) is 6.42 Å². The molecule has 1 atom stereocenters. The van der Waals surface area contributed by atoms with E-state index < -0.39 is 9.84 Å². The molecule has 1 fully saturated rings. The van der Waals surface area contributed by atoms with Gasteiger partial charge in [0.2, 0.25) is 0 Å². The zero-order chi connectivity index (χ0) is 13.8. The van der Waals surface area contributed by atoms with Crippen molar-refractivity contribution in [1.82, 2.24) is 10.6 Å². The molecular weight excluding hydrogens is 272 g/mol. The van der Waals surface area contributed by atoms with E-state index in [9.17, 15) is 13.2 Å². The second kappa shape index (κ2) is 6.14. The second-order valence-electron chi connectivity index (χ2n) is 5.24. The Morgan fingerprint density at radius 3 is 2.67 bits per heavy atom. The normalized spacial score (nSPS) is 23.4. The molecule has 106 valence electrons. The van der Waals surface area contributed by atoms with E-state index in [1.54, 1.807) is 11.8 Å². The number of sulfone groups is 1. The molecular formula is C11H22N2O3S2. The zero-order valence-corrected chi connectivity index (χ0v) is 12.8. The first-order chi connectivity index (χ1) is 8.24. The number of nitrogens with one attached hydrogen (secondary N) is 2. The van der Waals surface area contributed by atoms with E-state index in [1.807, 2.05) is 20.1 Å². The lowest BCUT2D eigenvalue weighted by molar-refractivity contribution is 0.236. The van der Waals surface area contributed by atoms with Gasteiger partial charge in [0.25, 0.3) is 0 Å². The maximum atomic E-state index is 11.7. The standard InChI is InChI=1S/C11H22N2O3S2/c1-11(2,17-3)8-12-10(14)13-9-5-4-6-18(15,16)7-9/h9H,4-8H2,1-3H3,(H2,12,13,14)/t9-/m0/s1. The van der Waals surface area contributed by atoms with Crippen molar-refractivity contribution in [3.8, 4) is 0 Å². The average Bonchev–Trinajstić information content (AvgIpc) is 2.25. The van der Waals surface area contributed by atoms with Gasteiger partial charge in [-0.1, -0.05) is 0 Å². The van der Waals surface area contributed by atoms with Crippen LogP contribution in [0, 0.1) is 0 Å². The van der Waals surface area contributed by atoms with Crippen LogP contribution in [0.3, 0.4) is 0 Å². The SMILES string of the molecule is CSC(C)(C)CNC(=O)N[C@H]1CCCS(=O)(=O)C1. The van der Waals surface area contributed by atoms with Crippen LogP contribution in [0.25, 0.3) is 0 Å². The van der Waals surface area contributed by atoms with Crippen LogP contribution in [0.15, 0.2) is 0 Å². The molecule has 1 aliphatic rings. The van der Waals surface area contributed by atoms with Crippen molar-refractivity contribution in [2.45, 2.75) is 37.5 Å². The van der Waals surface area contributed by atoms with Gasteiger partial charge in [-0.05, 0) is 32.9 Å². The zero-order valence-electron chi connectivity index (χ0n) is 11.2. The quantitative estimate of drug-likeness (QED) is 0.811. The molecule has 0 aromatic rings. The third-order valence-corrected chi connectivity index (χ3v) is 6.10. The van der Waals surface area contributed by atoms with Crippen molar-refractivity contribution in [3.05, 3.63) is 0 Å². The summed E-state index contributed by atoms with van der Waals surface area (Å²) >= 11 is 1.68. The highest BCUT2D eigenvalue weighted by Gasteiger charge is 2.26. The topological polar surface area (TPSA) is 75.3 Å². The van der Waals surface area contributed by atoms with Crippen molar-refractivity contribution >= 4 is 27.6 Å². The Bertz CT molecular complexity index is 393. The number of hydrogen-bond donors (Lipinski definition) is 2. The van der Waals surface area contributed by atoms with E-state index >= 15 is 0 Å². The number of urea groups is 1. The molecule has 1 aliphatic heterocycles. The van der Waals surface area contributed by atoms with E-state index in [0.29, 0.717) is 13.0 Å². The van der Waals surface area contributed by atoms with E-state index in [-0.39, 0.29) is 28.3 Å². The molecule has 2 N–H and O–H groups in total. The van der Waals surface area contributed by atoms with Gasteiger partial charge in [0.1, 0.15) is 0 Å². The van der Waals surface area contributed by atoms with Gasteiger partial charge in [0, 0.05) is 17.3 Å². The monoisotopic (exact) mass is 294 g/mol. The lowest BCUT2D eigenvalue weighted by atomic mass is 10.2. The van der Waals surface area contributed by atoms with Crippen LogP contribution in [0.1, 0.15) is 26.7 Å². The maximum absolute atomic E-state index is 11.7. The highest BCUT2D eigenvalue weighted by Crippen LogP contribution is 2.19.